The number of aromatic nitrogens is 2. The van der Waals surface area contributed by atoms with Gasteiger partial charge in [0.1, 0.15) is 13.2 Å². The van der Waals surface area contributed by atoms with Crippen molar-refractivity contribution in [3.63, 3.8) is 0 Å². The first-order valence-electron chi connectivity index (χ1n) is 11.5. The van der Waals surface area contributed by atoms with E-state index in [2.05, 4.69) is 5.32 Å². The van der Waals surface area contributed by atoms with Gasteiger partial charge in [-0.05, 0) is 44.0 Å². The lowest BCUT2D eigenvalue weighted by molar-refractivity contribution is -0.115. The Kier molecular flexibility index (Phi) is 6.26. The monoisotopic (exact) mass is 465 g/mol. The molecule has 1 N–H and O–H groups in total. The number of carbonyl (C=O) groups is 1. The molecule has 172 valence electrons. The van der Waals surface area contributed by atoms with Gasteiger partial charge in [0.2, 0.25) is 5.91 Å². The molecular weight excluding hydrogens is 438 g/mol. The number of amides is 1. The Morgan fingerprint density at radius 2 is 1.85 bits per heavy atom. The number of fused-ring (bicyclic) bond motifs is 2. The smallest absolute Gasteiger partial charge is 0.262 e. The normalized spacial score (nSPS) is 17.0. The van der Waals surface area contributed by atoms with Gasteiger partial charge < -0.3 is 14.8 Å². The average Bonchev–Trinajstić information content (AvgIpc) is 2.84. The second-order valence-electron chi connectivity index (χ2n) is 8.49. The molecule has 2 aromatic carbocycles. The number of ether oxygens (including phenoxy) is 2. The van der Waals surface area contributed by atoms with Crippen molar-refractivity contribution in [1.29, 1.82) is 0 Å². The predicted molar refractivity (Wildman–Crippen MR) is 130 cm³/mol. The van der Waals surface area contributed by atoms with Crippen molar-refractivity contribution in [2.24, 2.45) is 0 Å². The van der Waals surface area contributed by atoms with E-state index >= 15 is 0 Å². The number of hydrogen-bond donors (Lipinski definition) is 1. The van der Waals surface area contributed by atoms with Crippen LogP contribution in [-0.2, 0) is 4.79 Å². The number of nitrogens with one attached hydrogen (secondary N) is 1. The summed E-state index contributed by atoms with van der Waals surface area (Å²) in [7, 11) is 0. The van der Waals surface area contributed by atoms with E-state index in [-0.39, 0.29) is 17.5 Å². The first-order chi connectivity index (χ1) is 16.1. The van der Waals surface area contributed by atoms with Crippen LogP contribution in [0, 0.1) is 0 Å². The molecule has 0 bridgehead atoms. The topological polar surface area (TPSA) is 82.5 Å². The number of thioether (sulfide) groups is 1. The third kappa shape index (κ3) is 4.57. The van der Waals surface area contributed by atoms with Crippen LogP contribution in [-0.4, -0.2) is 33.9 Å². The highest BCUT2D eigenvalue weighted by Crippen LogP contribution is 2.34. The maximum absolute atomic E-state index is 13.4. The Morgan fingerprint density at radius 1 is 1.09 bits per heavy atom. The van der Waals surface area contributed by atoms with Crippen LogP contribution in [0.4, 0.5) is 5.69 Å². The summed E-state index contributed by atoms with van der Waals surface area (Å²) in [6, 6.07) is 12.9. The molecular formula is C25H27N3O4S. The van der Waals surface area contributed by atoms with E-state index in [0.717, 1.165) is 25.7 Å². The van der Waals surface area contributed by atoms with Gasteiger partial charge in [-0.3, -0.25) is 14.2 Å². The number of nitrogens with zero attached hydrogens (tertiary/aromatic N) is 2. The minimum atomic E-state index is -0.443. The van der Waals surface area contributed by atoms with Crippen LogP contribution in [0.1, 0.15) is 45.1 Å². The molecule has 0 spiro atoms. The lowest BCUT2D eigenvalue weighted by atomic mass is 9.95. The third-order valence-corrected chi connectivity index (χ3v) is 7.24. The van der Waals surface area contributed by atoms with E-state index in [9.17, 15) is 9.59 Å². The Balaban J connectivity index is 1.40. The van der Waals surface area contributed by atoms with Gasteiger partial charge in [0.05, 0.1) is 16.2 Å². The van der Waals surface area contributed by atoms with Gasteiger partial charge in [-0.1, -0.05) is 43.2 Å². The molecule has 1 fully saturated rings. The lowest BCUT2D eigenvalue weighted by Crippen LogP contribution is -2.30. The third-order valence-electron chi connectivity index (χ3n) is 6.18. The summed E-state index contributed by atoms with van der Waals surface area (Å²) in [5.74, 6) is 1.15. The zero-order valence-corrected chi connectivity index (χ0v) is 19.4. The first-order valence-corrected chi connectivity index (χ1v) is 12.4. The summed E-state index contributed by atoms with van der Waals surface area (Å²) in [6.07, 6.45) is 5.34. The molecule has 1 amide bonds. The molecule has 1 unspecified atom stereocenters. The largest absolute Gasteiger partial charge is 0.486 e. The molecule has 33 heavy (non-hydrogen) atoms. The summed E-state index contributed by atoms with van der Waals surface area (Å²) >= 11 is 1.33. The van der Waals surface area contributed by atoms with E-state index in [1.807, 2.05) is 35.8 Å². The molecule has 1 aliphatic carbocycles. The van der Waals surface area contributed by atoms with Crippen molar-refractivity contribution in [3.05, 3.63) is 52.8 Å². The highest BCUT2D eigenvalue weighted by atomic mass is 32.2. The molecule has 7 nitrogen and oxygen atoms in total. The van der Waals surface area contributed by atoms with Crippen LogP contribution in [0.5, 0.6) is 11.5 Å². The van der Waals surface area contributed by atoms with Crippen LogP contribution in [0.15, 0.2) is 52.4 Å². The average molecular weight is 466 g/mol. The van der Waals surface area contributed by atoms with Gasteiger partial charge >= 0.3 is 0 Å². The minimum Gasteiger partial charge on any atom is -0.486 e. The Bertz CT molecular complexity index is 1240. The molecule has 8 heteroatoms. The fraction of sp³-hybridized carbons (Fsp3) is 0.400. The zero-order chi connectivity index (χ0) is 22.8. The number of anilines is 1. The molecule has 1 aromatic heterocycles. The van der Waals surface area contributed by atoms with E-state index < -0.39 is 5.25 Å². The minimum absolute atomic E-state index is 0.0190. The van der Waals surface area contributed by atoms with Crippen molar-refractivity contribution in [2.75, 3.05) is 18.5 Å². The van der Waals surface area contributed by atoms with Crippen LogP contribution < -0.4 is 20.3 Å². The summed E-state index contributed by atoms with van der Waals surface area (Å²) in [4.78, 5) is 31.2. The fourth-order valence-corrected chi connectivity index (χ4v) is 5.43. The number of rotatable bonds is 5. The molecule has 1 aliphatic heterocycles. The van der Waals surface area contributed by atoms with Crippen LogP contribution in [0.25, 0.3) is 10.9 Å². The van der Waals surface area contributed by atoms with Crippen LogP contribution in [0.3, 0.4) is 0 Å². The van der Waals surface area contributed by atoms with Crippen molar-refractivity contribution in [1.82, 2.24) is 9.55 Å². The Morgan fingerprint density at radius 3 is 2.67 bits per heavy atom. The standard InChI is InChI=1S/C25H27N3O4S/c1-16(23(29)26-17-11-12-21-22(15-17)32-14-13-31-21)33-25-27-20-10-6-5-9-19(20)24(30)28(25)18-7-3-2-4-8-18/h5-6,9-12,15-16,18H,2-4,7-8,13-14H2,1H3,(H,26,29). The van der Waals surface area contributed by atoms with Gasteiger partial charge in [0, 0.05) is 17.8 Å². The summed E-state index contributed by atoms with van der Waals surface area (Å²) in [6.45, 7) is 2.85. The molecule has 2 heterocycles. The summed E-state index contributed by atoms with van der Waals surface area (Å²) < 4.78 is 13.0. The molecule has 1 saturated carbocycles. The Labute approximate surface area is 196 Å². The van der Waals surface area contributed by atoms with Gasteiger partial charge in [-0.15, -0.1) is 0 Å². The van der Waals surface area contributed by atoms with E-state index in [1.54, 1.807) is 18.2 Å². The highest BCUT2D eigenvalue weighted by molar-refractivity contribution is 8.00. The molecule has 5 rings (SSSR count). The number of para-hydroxylation sites is 1. The van der Waals surface area contributed by atoms with Gasteiger partial charge in [0.25, 0.3) is 5.56 Å². The number of hydrogen-bond acceptors (Lipinski definition) is 6. The van der Waals surface area contributed by atoms with E-state index in [4.69, 9.17) is 14.5 Å². The summed E-state index contributed by atoms with van der Waals surface area (Å²) in [5.41, 5.74) is 1.29. The second-order valence-corrected chi connectivity index (χ2v) is 9.79. The second kappa shape index (κ2) is 9.47. The molecule has 0 saturated heterocycles. The predicted octanol–water partition coefficient (Wildman–Crippen LogP) is 4.79. The van der Waals surface area contributed by atoms with Gasteiger partial charge in [-0.25, -0.2) is 4.98 Å². The molecule has 3 aromatic rings. The lowest BCUT2D eigenvalue weighted by Gasteiger charge is -2.26. The molecule has 2 aliphatic rings. The van der Waals surface area contributed by atoms with Crippen molar-refractivity contribution < 1.29 is 14.3 Å². The SMILES string of the molecule is CC(Sc1nc2ccccc2c(=O)n1C1CCCCC1)C(=O)Nc1ccc2c(c1)OCCO2. The van der Waals surface area contributed by atoms with E-state index in [0.29, 0.717) is 46.5 Å². The van der Waals surface area contributed by atoms with E-state index in [1.165, 1.54) is 18.2 Å². The molecule has 0 radical (unpaired) electrons. The molecule has 1 atom stereocenters. The maximum atomic E-state index is 13.4. The Hall–Kier alpha value is -3.00. The van der Waals surface area contributed by atoms with Crippen LogP contribution >= 0.6 is 11.8 Å². The van der Waals surface area contributed by atoms with Gasteiger partial charge in [-0.2, -0.15) is 0 Å². The zero-order valence-electron chi connectivity index (χ0n) is 18.6. The summed E-state index contributed by atoms with van der Waals surface area (Å²) in [5, 5.41) is 3.74. The highest BCUT2D eigenvalue weighted by Gasteiger charge is 2.25. The first kappa shape index (κ1) is 21.8. The number of carbonyl (C=O) groups excluding carboxylic acids is 1. The van der Waals surface area contributed by atoms with Crippen LogP contribution in [0.2, 0.25) is 0 Å². The van der Waals surface area contributed by atoms with Crippen molar-refractivity contribution in [3.8, 4) is 11.5 Å². The van der Waals surface area contributed by atoms with Crippen molar-refractivity contribution in [2.45, 2.75) is 55.5 Å². The van der Waals surface area contributed by atoms with Gasteiger partial charge in [0.15, 0.2) is 16.7 Å². The van der Waals surface area contributed by atoms with Crippen molar-refractivity contribution >= 4 is 34.3 Å². The number of benzene rings is 2. The fourth-order valence-electron chi connectivity index (χ4n) is 4.45. The quantitative estimate of drug-likeness (QED) is 0.431. The maximum Gasteiger partial charge on any atom is 0.262 e.